The lowest BCUT2D eigenvalue weighted by Gasteiger charge is -2.53. The van der Waals surface area contributed by atoms with Crippen LogP contribution in [0, 0.1) is 40.9 Å². The molecular formula is C35H40F3NO2. The van der Waals surface area contributed by atoms with E-state index in [1.54, 1.807) is 13.0 Å². The van der Waals surface area contributed by atoms with Crippen LogP contribution in [0.1, 0.15) is 89.5 Å². The number of rotatable bonds is 4. The summed E-state index contributed by atoms with van der Waals surface area (Å²) >= 11 is 0. The molecule has 41 heavy (non-hydrogen) atoms. The first-order valence-corrected chi connectivity index (χ1v) is 15.4. The van der Waals surface area contributed by atoms with Crippen LogP contribution in [-0.4, -0.2) is 30.8 Å². The molecule has 0 bridgehead atoms. The summed E-state index contributed by atoms with van der Waals surface area (Å²) in [6.07, 6.45) is 5.50. The number of anilines is 1. The molecule has 0 aromatic heterocycles. The molecule has 0 amide bonds. The Bertz CT molecular complexity index is 1340. The van der Waals surface area contributed by atoms with E-state index in [0.29, 0.717) is 25.2 Å². The first-order valence-electron chi connectivity index (χ1n) is 15.4. The zero-order chi connectivity index (χ0) is 28.9. The smallest absolute Gasteiger partial charge is 0.372 e. The van der Waals surface area contributed by atoms with Crippen LogP contribution in [0.4, 0.5) is 18.9 Å². The molecule has 1 aromatic carbocycles. The van der Waals surface area contributed by atoms with E-state index in [4.69, 9.17) is 0 Å². The number of carbonyl (C=O) groups is 2. The molecule has 218 valence electrons. The van der Waals surface area contributed by atoms with Gasteiger partial charge in [-0.15, -0.1) is 0 Å². The number of benzene rings is 1. The predicted octanol–water partition coefficient (Wildman–Crippen LogP) is 7.96. The quantitative estimate of drug-likeness (QED) is 0.349. The molecule has 0 N–H and O–H groups in total. The molecule has 6 atom stereocenters. The lowest BCUT2D eigenvalue weighted by molar-refractivity contribution is -0.125. The standard InChI is InChI=1S/C35H40F3NO2/c1-22(40)31-14-15-32-29-19-24(7-6-16-35(36,37)38)28-20-26(41)12-13-27(28)33(29)30(21-34(31,32)2)23-8-10-25(11-9-23)39-17-4-3-5-18-39/h8-11,20,24,29-32H,3-5,7,12-15,17-19,21H2,1-2H3/t24?,29-,30+,31+,32-,34+/m0/s1. The minimum absolute atomic E-state index is 0.00233. The van der Waals surface area contributed by atoms with Crippen LogP contribution in [0.15, 0.2) is 47.1 Å². The molecule has 1 unspecified atom stereocenters. The summed E-state index contributed by atoms with van der Waals surface area (Å²) in [4.78, 5) is 28.0. The van der Waals surface area contributed by atoms with E-state index in [0.717, 1.165) is 37.9 Å². The maximum atomic E-state index is 12.9. The Hall–Kier alpha value is -2.81. The van der Waals surface area contributed by atoms with Gasteiger partial charge in [0.1, 0.15) is 5.78 Å². The number of allylic oxidation sites excluding steroid dienone is 4. The van der Waals surface area contributed by atoms with Crippen molar-refractivity contribution in [1.29, 1.82) is 0 Å². The summed E-state index contributed by atoms with van der Waals surface area (Å²) in [5, 5.41) is 0. The van der Waals surface area contributed by atoms with Crippen LogP contribution in [0.2, 0.25) is 0 Å². The molecule has 1 heterocycles. The zero-order valence-electron chi connectivity index (χ0n) is 24.2. The molecule has 6 rings (SSSR count). The summed E-state index contributed by atoms with van der Waals surface area (Å²) in [6.45, 7) is 6.18. The molecule has 3 nitrogen and oxygen atoms in total. The van der Waals surface area contributed by atoms with Gasteiger partial charge < -0.3 is 4.90 Å². The van der Waals surface area contributed by atoms with Crippen LogP contribution in [-0.2, 0) is 9.59 Å². The molecule has 2 saturated carbocycles. The summed E-state index contributed by atoms with van der Waals surface area (Å²) in [6, 6.07) is 9.01. The highest BCUT2D eigenvalue weighted by molar-refractivity contribution is 5.93. The minimum atomic E-state index is -4.52. The second kappa shape index (κ2) is 10.8. The van der Waals surface area contributed by atoms with Gasteiger partial charge in [0.05, 0.1) is 0 Å². The predicted molar refractivity (Wildman–Crippen MR) is 154 cm³/mol. The number of piperidine rings is 1. The van der Waals surface area contributed by atoms with E-state index in [9.17, 15) is 22.8 Å². The van der Waals surface area contributed by atoms with Crippen molar-refractivity contribution in [2.75, 3.05) is 18.0 Å². The molecule has 1 aliphatic heterocycles. The highest BCUT2D eigenvalue weighted by Gasteiger charge is 2.58. The maximum Gasteiger partial charge on any atom is 0.457 e. The Kier molecular flexibility index (Phi) is 7.45. The Morgan fingerprint density at radius 2 is 1.80 bits per heavy atom. The second-order valence-corrected chi connectivity index (χ2v) is 13.3. The normalized spacial score (nSPS) is 33.3. The summed E-state index contributed by atoms with van der Waals surface area (Å²) in [5.41, 5.74) is 5.84. The largest absolute Gasteiger partial charge is 0.457 e. The van der Waals surface area contributed by atoms with Crippen molar-refractivity contribution in [3.63, 3.8) is 0 Å². The highest BCUT2D eigenvalue weighted by atomic mass is 19.4. The third-order valence-electron chi connectivity index (χ3n) is 11.0. The molecule has 5 aliphatic rings. The third kappa shape index (κ3) is 5.30. The average molecular weight is 564 g/mol. The number of alkyl halides is 3. The maximum absolute atomic E-state index is 12.9. The lowest BCUT2D eigenvalue weighted by atomic mass is 9.50. The molecule has 4 aliphatic carbocycles. The fraction of sp³-hybridized carbons (Fsp3) is 0.600. The topological polar surface area (TPSA) is 37.4 Å². The van der Waals surface area contributed by atoms with Gasteiger partial charge in [-0.2, -0.15) is 13.2 Å². The van der Waals surface area contributed by atoms with E-state index in [-0.39, 0.29) is 47.1 Å². The average Bonchev–Trinajstić information content (AvgIpc) is 3.30. The number of nitrogens with zero attached hydrogens (tertiary/aromatic N) is 1. The van der Waals surface area contributed by atoms with Crippen molar-refractivity contribution in [1.82, 2.24) is 0 Å². The number of carbonyl (C=O) groups excluding carboxylic acids is 2. The second-order valence-electron chi connectivity index (χ2n) is 13.3. The van der Waals surface area contributed by atoms with Crippen LogP contribution in [0.3, 0.4) is 0 Å². The van der Waals surface area contributed by atoms with Gasteiger partial charge in [-0.3, -0.25) is 9.59 Å². The fourth-order valence-electron chi connectivity index (χ4n) is 9.31. The Morgan fingerprint density at radius 3 is 2.49 bits per heavy atom. The Labute approximate surface area is 241 Å². The van der Waals surface area contributed by atoms with Gasteiger partial charge in [-0.05, 0) is 116 Å². The van der Waals surface area contributed by atoms with Gasteiger partial charge in [-0.25, -0.2) is 0 Å². The Balaban J connectivity index is 1.44. The van der Waals surface area contributed by atoms with Gasteiger partial charge in [0.2, 0.25) is 0 Å². The number of hydrogen-bond donors (Lipinski definition) is 0. The molecule has 3 fully saturated rings. The number of halogens is 3. The van der Waals surface area contributed by atoms with Crippen LogP contribution in [0.25, 0.3) is 0 Å². The van der Waals surface area contributed by atoms with Crippen LogP contribution >= 0.6 is 0 Å². The van der Waals surface area contributed by atoms with Crippen molar-refractivity contribution in [2.24, 2.45) is 29.1 Å². The van der Waals surface area contributed by atoms with Crippen molar-refractivity contribution in [3.8, 4) is 11.8 Å². The Morgan fingerprint density at radius 1 is 1.07 bits per heavy atom. The molecule has 0 radical (unpaired) electrons. The lowest BCUT2D eigenvalue weighted by Crippen LogP contribution is -2.45. The summed E-state index contributed by atoms with van der Waals surface area (Å²) in [5.74, 6) is 4.60. The van der Waals surface area contributed by atoms with Gasteiger partial charge in [-0.1, -0.05) is 30.6 Å². The van der Waals surface area contributed by atoms with E-state index < -0.39 is 6.18 Å². The van der Waals surface area contributed by atoms with Crippen LogP contribution < -0.4 is 4.90 Å². The number of Topliss-reactive ketones (excluding diaryl/α,β-unsaturated/α-hetero) is 1. The van der Waals surface area contributed by atoms with Gasteiger partial charge in [0.25, 0.3) is 0 Å². The summed E-state index contributed by atoms with van der Waals surface area (Å²) in [7, 11) is 0. The summed E-state index contributed by atoms with van der Waals surface area (Å²) < 4.78 is 38.8. The monoisotopic (exact) mass is 563 g/mol. The van der Waals surface area contributed by atoms with Gasteiger partial charge >= 0.3 is 6.18 Å². The van der Waals surface area contributed by atoms with Crippen molar-refractivity contribution < 1.29 is 22.8 Å². The van der Waals surface area contributed by atoms with Gasteiger partial charge in [0, 0.05) is 49.4 Å². The zero-order valence-corrected chi connectivity index (χ0v) is 24.2. The fourth-order valence-corrected chi connectivity index (χ4v) is 9.31. The third-order valence-corrected chi connectivity index (χ3v) is 11.0. The highest BCUT2D eigenvalue weighted by Crippen LogP contribution is 2.66. The van der Waals surface area contributed by atoms with E-state index >= 15 is 0 Å². The number of ketones is 2. The van der Waals surface area contributed by atoms with E-state index in [1.165, 1.54) is 47.6 Å². The molecule has 1 saturated heterocycles. The van der Waals surface area contributed by atoms with Crippen molar-refractivity contribution >= 4 is 17.3 Å². The van der Waals surface area contributed by atoms with E-state index in [2.05, 4.69) is 42.0 Å². The molecule has 1 aromatic rings. The van der Waals surface area contributed by atoms with Gasteiger partial charge in [0.15, 0.2) is 5.78 Å². The van der Waals surface area contributed by atoms with Crippen LogP contribution in [0.5, 0.6) is 0 Å². The first kappa shape index (κ1) is 28.3. The minimum Gasteiger partial charge on any atom is -0.372 e. The number of fused-ring (bicyclic) bond motifs is 4. The molecule has 6 heteroatoms. The van der Waals surface area contributed by atoms with E-state index in [1.807, 2.05) is 0 Å². The first-order chi connectivity index (χ1) is 19.5. The number of hydrogen-bond acceptors (Lipinski definition) is 3. The van der Waals surface area contributed by atoms with Crippen molar-refractivity contribution in [3.05, 3.63) is 52.6 Å². The molecule has 0 spiro atoms. The van der Waals surface area contributed by atoms with Crippen molar-refractivity contribution in [2.45, 2.75) is 90.1 Å². The SMILES string of the molecule is CC(=O)[C@H]1CC[C@H]2[C@@H]3CC(CC#CC(F)(F)F)C4=CC(=O)CCC4=C3[C@@H](c3ccc(N4CCCCC4)cc3)C[C@]12C. The molecular weight excluding hydrogens is 523 g/mol.